The second-order valence-electron chi connectivity index (χ2n) is 11.3. The summed E-state index contributed by atoms with van der Waals surface area (Å²) in [6.45, 7) is 0. The third-order valence-electron chi connectivity index (χ3n) is 8.68. The van der Waals surface area contributed by atoms with Crippen LogP contribution in [0.2, 0.25) is 0 Å². The highest BCUT2D eigenvalue weighted by atomic mass is 16.5. The second kappa shape index (κ2) is 10.3. The van der Waals surface area contributed by atoms with Crippen molar-refractivity contribution in [3.05, 3.63) is 164 Å². The van der Waals surface area contributed by atoms with Gasteiger partial charge in [-0.3, -0.25) is 0 Å². The second-order valence-corrected chi connectivity index (χ2v) is 11.3. The van der Waals surface area contributed by atoms with Gasteiger partial charge in [0.05, 0.1) is 11.0 Å². The molecule has 7 aromatic carbocycles. The van der Waals surface area contributed by atoms with Crippen molar-refractivity contribution in [2.45, 2.75) is 0 Å². The molecule has 2 heterocycles. The topological polar surface area (TPSA) is 27.3 Å². The first-order valence-electron chi connectivity index (χ1n) is 15.2. The summed E-state index contributed by atoms with van der Waals surface area (Å²) in [4.78, 5) is 0. The maximum absolute atomic E-state index is 6.78. The lowest BCUT2D eigenvalue weighted by Crippen LogP contribution is -1.93. The molecule has 9 aromatic rings. The van der Waals surface area contributed by atoms with E-state index < -0.39 is 0 Å². The van der Waals surface area contributed by atoms with E-state index in [9.17, 15) is 0 Å². The largest absolute Gasteiger partial charge is 0.456 e. The van der Waals surface area contributed by atoms with Crippen LogP contribution >= 0.6 is 0 Å². The number of hydrogen-bond donors (Lipinski definition) is 0. The smallest absolute Gasteiger partial charge is 0.135 e. The minimum atomic E-state index is 0.804. The van der Waals surface area contributed by atoms with E-state index in [4.69, 9.17) is 9.15 Å². The number of rotatable bonds is 5. The van der Waals surface area contributed by atoms with Crippen molar-refractivity contribution in [3.8, 4) is 39.4 Å². The SMILES string of the molecule is c1ccc(-n2c3ccccc3c3cc(-c4ccccc4Oc4ccccc4-c4ccc5oc6ccccc6c5c4)ccc32)cc1. The van der Waals surface area contributed by atoms with Gasteiger partial charge in [0.15, 0.2) is 0 Å². The normalized spacial score (nSPS) is 11.6. The van der Waals surface area contributed by atoms with Crippen molar-refractivity contribution in [2.24, 2.45) is 0 Å². The maximum atomic E-state index is 6.78. The van der Waals surface area contributed by atoms with E-state index in [1.165, 1.54) is 21.8 Å². The summed E-state index contributed by atoms with van der Waals surface area (Å²) in [6.07, 6.45) is 0. The van der Waals surface area contributed by atoms with Crippen molar-refractivity contribution in [3.63, 3.8) is 0 Å². The van der Waals surface area contributed by atoms with Crippen LogP contribution in [-0.2, 0) is 0 Å². The Labute approximate surface area is 260 Å². The molecule has 0 atom stereocenters. The number of benzene rings is 7. The number of aromatic nitrogens is 1. The molecular weight excluding hydrogens is 550 g/mol. The van der Waals surface area contributed by atoms with Crippen molar-refractivity contribution >= 4 is 43.7 Å². The van der Waals surface area contributed by atoms with Crippen molar-refractivity contribution in [1.82, 2.24) is 4.57 Å². The van der Waals surface area contributed by atoms with Crippen LogP contribution in [0.4, 0.5) is 0 Å². The number of para-hydroxylation sites is 5. The van der Waals surface area contributed by atoms with Gasteiger partial charge in [-0.2, -0.15) is 0 Å². The lowest BCUT2D eigenvalue weighted by atomic mass is 10.0. The highest BCUT2D eigenvalue weighted by Crippen LogP contribution is 2.41. The summed E-state index contributed by atoms with van der Waals surface area (Å²) >= 11 is 0. The van der Waals surface area contributed by atoms with E-state index >= 15 is 0 Å². The average molecular weight is 578 g/mol. The van der Waals surface area contributed by atoms with Gasteiger partial charge in [0, 0.05) is 38.4 Å². The highest BCUT2D eigenvalue weighted by molar-refractivity contribution is 6.10. The Bertz CT molecular complexity index is 2520. The lowest BCUT2D eigenvalue weighted by molar-refractivity contribution is 0.486. The first-order chi connectivity index (χ1) is 22.3. The minimum absolute atomic E-state index is 0.804. The summed E-state index contributed by atoms with van der Waals surface area (Å²) in [5.74, 6) is 1.62. The number of fused-ring (bicyclic) bond motifs is 6. The molecule has 0 spiro atoms. The molecule has 0 saturated heterocycles. The zero-order valence-corrected chi connectivity index (χ0v) is 24.4. The monoisotopic (exact) mass is 577 g/mol. The first-order valence-corrected chi connectivity index (χ1v) is 15.2. The Balaban J connectivity index is 1.15. The number of ether oxygens (including phenoxy) is 1. The zero-order chi connectivity index (χ0) is 29.7. The molecule has 0 fully saturated rings. The van der Waals surface area contributed by atoms with Gasteiger partial charge in [0.25, 0.3) is 0 Å². The van der Waals surface area contributed by atoms with E-state index in [2.05, 4.69) is 138 Å². The molecule has 3 heteroatoms. The Kier molecular flexibility index (Phi) is 5.82. The Morgan fingerprint density at radius 3 is 1.73 bits per heavy atom. The highest BCUT2D eigenvalue weighted by Gasteiger charge is 2.16. The molecule has 0 bridgehead atoms. The average Bonchev–Trinajstić information content (AvgIpc) is 3.64. The standard InChI is InChI=1S/C42H27NO2/c1-2-12-30(13-3-1)43-37-18-8-4-16-33(37)35-26-28(22-24-38(35)43)31-14-5-9-19-39(31)44-40-20-10-6-15-32(40)29-23-25-42-36(27-29)34-17-7-11-21-41(34)45-42/h1-27H. The Morgan fingerprint density at radius 2 is 0.956 bits per heavy atom. The van der Waals surface area contributed by atoms with E-state index in [1.807, 2.05) is 30.3 Å². The van der Waals surface area contributed by atoms with Crippen LogP contribution in [0.3, 0.4) is 0 Å². The first kappa shape index (κ1) is 25.4. The maximum Gasteiger partial charge on any atom is 0.135 e. The van der Waals surface area contributed by atoms with Crippen LogP contribution in [0.1, 0.15) is 0 Å². The molecule has 0 amide bonds. The fourth-order valence-corrected chi connectivity index (χ4v) is 6.60. The van der Waals surface area contributed by atoms with E-state index in [-0.39, 0.29) is 0 Å². The Hall–Kier alpha value is -6.06. The molecule has 9 rings (SSSR count). The number of nitrogens with zero attached hydrogens (tertiary/aromatic N) is 1. The molecule has 0 saturated carbocycles. The molecule has 45 heavy (non-hydrogen) atoms. The van der Waals surface area contributed by atoms with Gasteiger partial charge in [-0.25, -0.2) is 0 Å². The van der Waals surface area contributed by atoms with Gasteiger partial charge in [-0.15, -0.1) is 0 Å². The number of hydrogen-bond acceptors (Lipinski definition) is 2. The molecule has 0 radical (unpaired) electrons. The quantitative estimate of drug-likeness (QED) is 0.203. The molecule has 0 aliphatic carbocycles. The third-order valence-corrected chi connectivity index (χ3v) is 8.68. The molecule has 0 N–H and O–H groups in total. The summed E-state index contributed by atoms with van der Waals surface area (Å²) < 4.78 is 15.2. The fourth-order valence-electron chi connectivity index (χ4n) is 6.60. The van der Waals surface area contributed by atoms with Crippen LogP contribution in [0.15, 0.2) is 168 Å². The van der Waals surface area contributed by atoms with Crippen molar-refractivity contribution < 1.29 is 9.15 Å². The third kappa shape index (κ3) is 4.21. The van der Waals surface area contributed by atoms with Crippen LogP contribution < -0.4 is 4.74 Å². The summed E-state index contributed by atoms with van der Waals surface area (Å²) in [5, 5.41) is 4.65. The van der Waals surface area contributed by atoms with Crippen LogP contribution in [0, 0.1) is 0 Å². The molecule has 0 aliphatic rings. The zero-order valence-electron chi connectivity index (χ0n) is 24.4. The fraction of sp³-hybridized carbons (Fsp3) is 0. The molecule has 3 nitrogen and oxygen atoms in total. The molecule has 2 aromatic heterocycles. The van der Waals surface area contributed by atoms with Crippen LogP contribution in [0.5, 0.6) is 11.5 Å². The summed E-state index contributed by atoms with van der Waals surface area (Å²) in [5.41, 5.74) is 9.56. The van der Waals surface area contributed by atoms with E-state index in [0.29, 0.717) is 0 Å². The van der Waals surface area contributed by atoms with Gasteiger partial charge >= 0.3 is 0 Å². The lowest BCUT2D eigenvalue weighted by Gasteiger charge is -2.15. The summed E-state index contributed by atoms with van der Waals surface area (Å²) in [6, 6.07) is 57.0. The van der Waals surface area contributed by atoms with Crippen molar-refractivity contribution in [2.75, 3.05) is 0 Å². The molecule has 0 aliphatic heterocycles. The minimum Gasteiger partial charge on any atom is -0.456 e. The van der Waals surface area contributed by atoms with E-state index in [1.54, 1.807) is 0 Å². The summed E-state index contributed by atoms with van der Waals surface area (Å²) in [7, 11) is 0. The van der Waals surface area contributed by atoms with Crippen LogP contribution in [-0.4, -0.2) is 4.57 Å². The van der Waals surface area contributed by atoms with Crippen LogP contribution in [0.25, 0.3) is 71.7 Å². The van der Waals surface area contributed by atoms with Gasteiger partial charge in [-0.05, 0) is 71.8 Å². The molecular formula is C42H27NO2. The predicted octanol–water partition coefficient (Wildman–Crippen LogP) is 11.8. The van der Waals surface area contributed by atoms with Gasteiger partial charge < -0.3 is 13.7 Å². The van der Waals surface area contributed by atoms with Gasteiger partial charge in [0.1, 0.15) is 22.7 Å². The van der Waals surface area contributed by atoms with E-state index in [0.717, 1.165) is 61.4 Å². The Morgan fingerprint density at radius 1 is 0.400 bits per heavy atom. The number of furan rings is 1. The molecule has 0 unspecified atom stereocenters. The van der Waals surface area contributed by atoms with Gasteiger partial charge in [-0.1, -0.05) is 103 Å². The predicted molar refractivity (Wildman–Crippen MR) is 185 cm³/mol. The molecule has 212 valence electrons. The van der Waals surface area contributed by atoms with Crippen molar-refractivity contribution in [1.29, 1.82) is 0 Å². The van der Waals surface area contributed by atoms with Gasteiger partial charge in [0.2, 0.25) is 0 Å².